The molecule has 2 aromatic rings. The van der Waals surface area contributed by atoms with Gasteiger partial charge in [0.05, 0.1) is 11.3 Å². The van der Waals surface area contributed by atoms with Gasteiger partial charge in [0.1, 0.15) is 23.9 Å². The Balaban J connectivity index is 1.28. The normalized spacial score (nSPS) is 31.4. The van der Waals surface area contributed by atoms with E-state index in [9.17, 15) is 9.65 Å². The van der Waals surface area contributed by atoms with Crippen molar-refractivity contribution in [3.05, 3.63) is 45.9 Å². The lowest BCUT2D eigenvalue weighted by molar-refractivity contribution is 0.181. The topological polar surface area (TPSA) is 82.1 Å². The number of alkyl halides is 1. The molecule has 218 valence electrons. The molecular weight excluding hydrogens is 511 g/mol. The van der Waals surface area contributed by atoms with Gasteiger partial charge in [0, 0.05) is 48.3 Å². The Morgan fingerprint density at radius 1 is 1.07 bits per heavy atom. The number of nitrogen functional groups attached to an aromatic ring is 1. The molecule has 0 saturated carbocycles. The highest BCUT2D eigenvalue weighted by Crippen LogP contribution is 2.52. The molecule has 7 heteroatoms. The number of fused-ring (bicyclic) bond motifs is 4. The van der Waals surface area contributed by atoms with Gasteiger partial charge in [-0.05, 0) is 100 Å². The smallest absolute Gasteiger partial charge is 0.135 e. The van der Waals surface area contributed by atoms with E-state index in [-0.39, 0.29) is 11.0 Å². The van der Waals surface area contributed by atoms with Gasteiger partial charge in [0.25, 0.3) is 0 Å². The van der Waals surface area contributed by atoms with Gasteiger partial charge >= 0.3 is 0 Å². The summed E-state index contributed by atoms with van der Waals surface area (Å²) < 4.78 is 14.5. The maximum Gasteiger partial charge on any atom is 0.135 e. The molecule has 4 heterocycles. The van der Waals surface area contributed by atoms with Crippen molar-refractivity contribution in [2.45, 2.75) is 120 Å². The molecule has 1 aromatic heterocycles. The maximum atomic E-state index is 14.5. The fourth-order valence-electron chi connectivity index (χ4n) is 9.29. The molecule has 1 spiro atoms. The first kappa shape index (κ1) is 27.1. The Hall–Kier alpha value is -2.72. The number of halogens is 1. The van der Waals surface area contributed by atoms with Crippen LogP contribution < -0.4 is 10.6 Å². The van der Waals surface area contributed by atoms with Crippen LogP contribution in [0.15, 0.2) is 12.1 Å². The van der Waals surface area contributed by atoms with Crippen molar-refractivity contribution in [1.82, 2.24) is 14.9 Å². The van der Waals surface area contributed by atoms with Gasteiger partial charge in [-0.25, -0.2) is 14.4 Å². The van der Waals surface area contributed by atoms with Crippen LogP contribution in [0.3, 0.4) is 0 Å². The van der Waals surface area contributed by atoms with Gasteiger partial charge in [-0.15, -0.1) is 0 Å². The summed E-state index contributed by atoms with van der Waals surface area (Å²) in [4.78, 5) is 15.6. The molecule has 1 aromatic carbocycles. The lowest BCUT2D eigenvalue weighted by Crippen LogP contribution is -2.40. The zero-order chi connectivity index (χ0) is 28.2. The molecule has 0 amide bonds. The van der Waals surface area contributed by atoms with Crippen molar-refractivity contribution in [1.29, 1.82) is 5.26 Å². The van der Waals surface area contributed by atoms with Crippen LogP contribution in [0.2, 0.25) is 0 Å². The van der Waals surface area contributed by atoms with Crippen LogP contribution in [0, 0.1) is 11.3 Å². The Morgan fingerprint density at radius 2 is 1.90 bits per heavy atom. The number of nitrogens with two attached hydrogens (primary N) is 1. The average Bonchev–Trinajstić information content (AvgIpc) is 3.35. The molecule has 6 nitrogen and oxygen atoms in total. The lowest BCUT2D eigenvalue weighted by Gasteiger charge is -2.45. The highest BCUT2D eigenvalue weighted by Gasteiger charge is 2.49. The molecule has 0 radical (unpaired) electrons. The maximum absolute atomic E-state index is 14.5. The highest BCUT2D eigenvalue weighted by molar-refractivity contribution is 5.65. The standard InChI is InChI=1S/C34H45FN6/c1-23-9-13-33(31-25(23)7-8-28(37)27(31)21-36)14-10-26-29(20-33)38-30(39-32(26)40-16-4-2-3-5-17-40)11-15-34-12-6-18-41(34)22-24(35)19-34/h7-8,23-24H,2-6,9-20,22,37H2,1H3. The van der Waals surface area contributed by atoms with Crippen LogP contribution in [0.5, 0.6) is 0 Å². The minimum Gasteiger partial charge on any atom is -0.398 e. The molecule has 2 aliphatic carbocycles. The number of nitriles is 1. The van der Waals surface area contributed by atoms with Gasteiger partial charge in [-0.3, -0.25) is 4.90 Å². The second-order valence-electron chi connectivity index (χ2n) is 13.9. The average molecular weight is 557 g/mol. The fraction of sp³-hybridized carbons (Fsp3) is 0.676. The van der Waals surface area contributed by atoms with Crippen LogP contribution in [-0.4, -0.2) is 52.8 Å². The van der Waals surface area contributed by atoms with E-state index in [0.717, 1.165) is 82.6 Å². The van der Waals surface area contributed by atoms with E-state index in [0.29, 0.717) is 30.1 Å². The zero-order valence-corrected chi connectivity index (χ0v) is 24.7. The molecule has 7 rings (SSSR count). The molecular formula is C34H45FN6. The number of aromatic nitrogens is 2. The third kappa shape index (κ3) is 4.61. The molecule has 4 unspecified atom stereocenters. The number of aryl methyl sites for hydroxylation is 1. The number of hydrogen-bond donors (Lipinski definition) is 1. The van der Waals surface area contributed by atoms with Crippen molar-refractivity contribution in [2.24, 2.45) is 0 Å². The van der Waals surface area contributed by atoms with E-state index < -0.39 is 6.17 Å². The molecule has 41 heavy (non-hydrogen) atoms. The summed E-state index contributed by atoms with van der Waals surface area (Å²) in [5.41, 5.74) is 12.6. The number of nitrogens with zero attached hydrogens (tertiary/aromatic N) is 5. The van der Waals surface area contributed by atoms with Crippen LogP contribution in [0.4, 0.5) is 15.9 Å². The van der Waals surface area contributed by atoms with E-state index >= 15 is 0 Å². The lowest BCUT2D eigenvalue weighted by atomic mass is 9.59. The predicted molar refractivity (Wildman–Crippen MR) is 161 cm³/mol. The summed E-state index contributed by atoms with van der Waals surface area (Å²) >= 11 is 0. The second-order valence-corrected chi connectivity index (χ2v) is 13.9. The SMILES string of the molecule is CC1CCC2(CCc3c(nc(CCC45CCCN4CC(F)C5)nc3N3CCCCCC3)C2)c2c1ccc(N)c2C#N. The quantitative estimate of drug-likeness (QED) is 0.456. The van der Waals surface area contributed by atoms with Gasteiger partial charge in [-0.1, -0.05) is 25.8 Å². The molecule has 4 atom stereocenters. The second kappa shape index (κ2) is 10.5. The molecule has 5 aliphatic rings. The highest BCUT2D eigenvalue weighted by atomic mass is 19.1. The summed E-state index contributed by atoms with van der Waals surface area (Å²) in [6.07, 6.45) is 13.9. The van der Waals surface area contributed by atoms with Crippen molar-refractivity contribution < 1.29 is 4.39 Å². The van der Waals surface area contributed by atoms with Crippen molar-refractivity contribution in [2.75, 3.05) is 36.8 Å². The molecule has 3 aliphatic heterocycles. The van der Waals surface area contributed by atoms with Crippen LogP contribution in [-0.2, 0) is 24.7 Å². The van der Waals surface area contributed by atoms with E-state index in [2.05, 4.69) is 28.9 Å². The third-order valence-corrected chi connectivity index (χ3v) is 11.5. The molecule has 3 saturated heterocycles. The first-order chi connectivity index (χ1) is 19.9. The minimum absolute atomic E-state index is 0.0135. The van der Waals surface area contributed by atoms with E-state index in [1.807, 2.05) is 6.07 Å². The number of rotatable bonds is 4. The fourth-order valence-corrected chi connectivity index (χ4v) is 9.29. The van der Waals surface area contributed by atoms with E-state index in [1.54, 1.807) is 0 Å². The Labute approximate surface area is 244 Å². The number of benzene rings is 1. The van der Waals surface area contributed by atoms with Crippen LogP contribution in [0.25, 0.3) is 0 Å². The molecule has 0 bridgehead atoms. The summed E-state index contributed by atoms with van der Waals surface area (Å²) in [7, 11) is 0. The van der Waals surface area contributed by atoms with E-state index in [1.165, 1.54) is 54.5 Å². The summed E-state index contributed by atoms with van der Waals surface area (Å²) in [6.45, 7) is 6.02. The van der Waals surface area contributed by atoms with E-state index in [4.69, 9.17) is 15.7 Å². The Morgan fingerprint density at radius 3 is 2.71 bits per heavy atom. The number of anilines is 2. The van der Waals surface area contributed by atoms with Gasteiger partial charge in [0.2, 0.25) is 0 Å². The van der Waals surface area contributed by atoms with Gasteiger partial charge in [-0.2, -0.15) is 5.26 Å². The minimum atomic E-state index is -0.706. The van der Waals surface area contributed by atoms with Crippen molar-refractivity contribution >= 4 is 11.5 Å². The number of hydrogen-bond acceptors (Lipinski definition) is 6. The van der Waals surface area contributed by atoms with Crippen LogP contribution >= 0.6 is 0 Å². The Bertz CT molecular complexity index is 1360. The first-order valence-corrected chi connectivity index (χ1v) is 16.3. The third-order valence-electron chi connectivity index (χ3n) is 11.5. The molecule has 3 fully saturated rings. The summed E-state index contributed by atoms with van der Waals surface area (Å²) in [6, 6.07) is 6.60. The summed E-state index contributed by atoms with van der Waals surface area (Å²) in [5, 5.41) is 10.2. The Kier molecular flexibility index (Phi) is 6.97. The van der Waals surface area contributed by atoms with Crippen molar-refractivity contribution in [3.63, 3.8) is 0 Å². The predicted octanol–water partition coefficient (Wildman–Crippen LogP) is 6.14. The van der Waals surface area contributed by atoms with Crippen LogP contribution in [0.1, 0.15) is 117 Å². The monoisotopic (exact) mass is 556 g/mol. The van der Waals surface area contributed by atoms with Crippen molar-refractivity contribution in [3.8, 4) is 6.07 Å². The molecule has 2 N–H and O–H groups in total. The first-order valence-electron chi connectivity index (χ1n) is 16.3. The largest absolute Gasteiger partial charge is 0.398 e. The zero-order valence-electron chi connectivity index (χ0n) is 24.7. The van der Waals surface area contributed by atoms with Gasteiger partial charge < -0.3 is 10.6 Å². The summed E-state index contributed by atoms with van der Waals surface area (Å²) in [5.74, 6) is 2.52. The van der Waals surface area contributed by atoms with Gasteiger partial charge in [0.15, 0.2) is 0 Å².